The molecular weight excluding hydrogens is 412 g/mol. The maximum Gasteiger partial charge on any atom is 0.255 e. The summed E-state index contributed by atoms with van der Waals surface area (Å²) in [5.41, 5.74) is 3.66. The lowest BCUT2D eigenvalue weighted by Crippen LogP contribution is -2.62. The predicted molar refractivity (Wildman–Crippen MR) is 129 cm³/mol. The van der Waals surface area contributed by atoms with Crippen molar-refractivity contribution in [2.45, 2.75) is 45.8 Å². The number of hydrogen-bond acceptors (Lipinski definition) is 3. The molecule has 1 aliphatic rings. The molecule has 4 rings (SSSR count). The van der Waals surface area contributed by atoms with Crippen LogP contribution in [-0.4, -0.2) is 28.9 Å². The highest BCUT2D eigenvalue weighted by Gasteiger charge is 2.46. The van der Waals surface area contributed by atoms with E-state index in [2.05, 4.69) is 5.32 Å². The van der Waals surface area contributed by atoms with E-state index in [1.165, 1.54) is 5.56 Å². The molecule has 0 bridgehead atoms. The number of rotatable bonds is 7. The molecule has 5 nitrogen and oxygen atoms in total. The van der Waals surface area contributed by atoms with Gasteiger partial charge in [0.25, 0.3) is 5.91 Å². The first kappa shape index (κ1) is 22.6. The molecular formula is C28H30N2O3. The first-order valence-corrected chi connectivity index (χ1v) is 11.4. The smallest absolute Gasteiger partial charge is 0.255 e. The summed E-state index contributed by atoms with van der Waals surface area (Å²) >= 11 is 0. The van der Waals surface area contributed by atoms with Crippen molar-refractivity contribution in [2.75, 3.05) is 6.61 Å². The van der Waals surface area contributed by atoms with Crippen LogP contribution in [0.1, 0.15) is 46.5 Å². The third kappa shape index (κ3) is 4.77. The molecule has 3 aromatic carbocycles. The summed E-state index contributed by atoms with van der Waals surface area (Å²) in [4.78, 5) is 28.8. The molecule has 5 heteroatoms. The lowest BCUT2D eigenvalue weighted by Gasteiger charge is -2.44. The Bertz CT molecular complexity index is 1160. The van der Waals surface area contributed by atoms with Crippen molar-refractivity contribution in [2.24, 2.45) is 0 Å². The van der Waals surface area contributed by atoms with Crippen molar-refractivity contribution in [3.63, 3.8) is 0 Å². The minimum Gasteiger partial charge on any atom is -0.494 e. The summed E-state index contributed by atoms with van der Waals surface area (Å²) in [7, 11) is 0. The Morgan fingerprint density at radius 3 is 2.55 bits per heavy atom. The number of carbonyl (C=O) groups is 2. The molecule has 1 unspecified atom stereocenters. The average Bonchev–Trinajstić information content (AvgIpc) is 2.82. The molecule has 0 fully saturated rings. The van der Waals surface area contributed by atoms with Crippen LogP contribution in [0.25, 0.3) is 0 Å². The topological polar surface area (TPSA) is 58.6 Å². The number of carbonyl (C=O) groups excluding carboxylic acids is 2. The molecule has 0 saturated carbocycles. The Hall–Kier alpha value is -3.60. The van der Waals surface area contributed by atoms with Crippen LogP contribution in [0.4, 0.5) is 0 Å². The summed E-state index contributed by atoms with van der Waals surface area (Å²) < 4.78 is 5.63. The lowest BCUT2D eigenvalue weighted by molar-refractivity contribution is -0.132. The van der Waals surface area contributed by atoms with Crippen LogP contribution >= 0.6 is 0 Å². The molecule has 0 saturated heterocycles. The number of nitrogens with one attached hydrogen (secondary N) is 1. The first-order chi connectivity index (χ1) is 15.9. The molecule has 2 amide bonds. The summed E-state index contributed by atoms with van der Waals surface area (Å²) in [6.07, 6.45) is 0.458. The quantitative estimate of drug-likeness (QED) is 0.579. The zero-order valence-electron chi connectivity index (χ0n) is 19.4. The van der Waals surface area contributed by atoms with Crippen LogP contribution in [0, 0.1) is 6.92 Å². The second-order valence-corrected chi connectivity index (χ2v) is 8.75. The number of hydrogen-bond donors (Lipinski definition) is 1. The van der Waals surface area contributed by atoms with E-state index < -0.39 is 5.54 Å². The van der Waals surface area contributed by atoms with Crippen molar-refractivity contribution in [1.82, 2.24) is 10.2 Å². The normalized spacial score (nSPS) is 17.4. The third-order valence-electron chi connectivity index (χ3n) is 6.24. The fourth-order valence-corrected chi connectivity index (χ4v) is 4.33. The Kier molecular flexibility index (Phi) is 6.50. The highest BCUT2D eigenvalue weighted by atomic mass is 16.5. The van der Waals surface area contributed by atoms with Gasteiger partial charge in [0.1, 0.15) is 11.3 Å². The maximum atomic E-state index is 13.6. The van der Waals surface area contributed by atoms with Crippen LogP contribution < -0.4 is 10.1 Å². The minimum absolute atomic E-state index is 0.133. The van der Waals surface area contributed by atoms with Crippen LogP contribution in [-0.2, 0) is 24.3 Å². The van der Waals surface area contributed by atoms with Gasteiger partial charge >= 0.3 is 0 Å². The number of nitrogens with zero attached hydrogens (tertiary/aromatic N) is 1. The van der Waals surface area contributed by atoms with Crippen LogP contribution in [0.15, 0.2) is 72.8 Å². The molecule has 170 valence electrons. The van der Waals surface area contributed by atoms with Crippen molar-refractivity contribution in [3.8, 4) is 5.75 Å². The van der Waals surface area contributed by atoms with Gasteiger partial charge in [-0.3, -0.25) is 9.59 Å². The van der Waals surface area contributed by atoms with Crippen molar-refractivity contribution in [1.29, 1.82) is 0 Å². The summed E-state index contributed by atoms with van der Waals surface area (Å²) in [5, 5.41) is 3.07. The molecule has 0 radical (unpaired) electrons. The Balaban J connectivity index is 1.63. The molecule has 1 atom stereocenters. The molecule has 0 aromatic heterocycles. The van der Waals surface area contributed by atoms with Gasteiger partial charge in [0.15, 0.2) is 0 Å². The largest absolute Gasteiger partial charge is 0.494 e. The highest BCUT2D eigenvalue weighted by molar-refractivity contribution is 6.02. The highest BCUT2D eigenvalue weighted by Crippen LogP contribution is 2.33. The first-order valence-electron chi connectivity index (χ1n) is 11.4. The van der Waals surface area contributed by atoms with Gasteiger partial charge in [0, 0.05) is 25.1 Å². The number of amides is 2. The fraction of sp³-hybridized carbons (Fsp3) is 0.286. The summed E-state index contributed by atoms with van der Waals surface area (Å²) in [6.45, 7) is 7.14. The maximum absolute atomic E-state index is 13.6. The van der Waals surface area contributed by atoms with E-state index in [-0.39, 0.29) is 11.8 Å². The van der Waals surface area contributed by atoms with E-state index >= 15 is 0 Å². The zero-order chi connectivity index (χ0) is 23.4. The van der Waals surface area contributed by atoms with E-state index in [0.29, 0.717) is 31.7 Å². The number of aryl methyl sites for hydroxylation is 1. The van der Waals surface area contributed by atoms with Crippen LogP contribution in [0.3, 0.4) is 0 Å². The van der Waals surface area contributed by atoms with Gasteiger partial charge in [0.2, 0.25) is 5.91 Å². The molecule has 3 aromatic rings. The molecule has 0 spiro atoms. The second kappa shape index (κ2) is 9.49. The van der Waals surface area contributed by atoms with Crippen molar-refractivity contribution < 1.29 is 14.3 Å². The van der Waals surface area contributed by atoms with Gasteiger partial charge in [-0.25, -0.2) is 0 Å². The molecule has 33 heavy (non-hydrogen) atoms. The van der Waals surface area contributed by atoms with Gasteiger partial charge in [-0.2, -0.15) is 0 Å². The van der Waals surface area contributed by atoms with Crippen LogP contribution in [0.5, 0.6) is 5.75 Å². The Morgan fingerprint density at radius 2 is 1.79 bits per heavy atom. The minimum atomic E-state index is -1.02. The predicted octanol–water partition coefficient (Wildman–Crippen LogP) is 4.67. The van der Waals surface area contributed by atoms with Crippen LogP contribution in [0.2, 0.25) is 0 Å². The third-order valence-corrected chi connectivity index (χ3v) is 6.24. The van der Waals surface area contributed by atoms with Gasteiger partial charge in [-0.15, -0.1) is 0 Å². The zero-order valence-corrected chi connectivity index (χ0v) is 19.4. The van der Waals surface area contributed by atoms with Gasteiger partial charge < -0.3 is 15.0 Å². The van der Waals surface area contributed by atoms with Gasteiger partial charge in [0.05, 0.1) is 6.61 Å². The van der Waals surface area contributed by atoms with Crippen molar-refractivity contribution >= 4 is 11.8 Å². The van der Waals surface area contributed by atoms with Gasteiger partial charge in [-0.05, 0) is 55.7 Å². The number of benzene rings is 3. The van der Waals surface area contributed by atoms with Gasteiger partial charge in [-0.1, -0.05) is 60.2 Å². The second-order valence-electron chi connectivity index (χ2n) is 8.75. The molecule has 0 aliphatic carbocycles. The monoisotopic (exact) mass is 442 g/mol. The Labute approximate surface area is 195 Å². The van der Waals surface area contributed by atoms with E-state index in [0.717, 1.165) is 22.4 Å². The Morgan fingerprint density at radius 1 is 1.03 bits per heavy atom. The number of fused-ring (bicyclic) bond motifs is 1. The van der Waals surface area contributed by atoms with E-state index in [9.17, 15) is 9.59 Å². The SMILES string of the molecule is CCOc1cccc(CN2C(=O)c3ccccc3CC2(C)C(=O)NCc2ccc(C)cc2)c1. The summed E-state index contributed by atoms with van der Waals surface area (Å²) in [5.74, 6) is 0.462. The van der Waals surface area contributed by atoms with E-state index in [1.54, 1.807) is 4.90 Å². The number of ether oxygens (including phenoxy) is 1. The standard InChI is InChI=1S/C28H30N2O3/c1-4-33-24-10-7-8-22(16-24)19-30-26(31)25-11-6-5-9-23(25)17-28(30,3)27(32)29-18-21-14-12-20(2)13-15-21/h5-16H,4,17-19H2,1-3H3,(H,29,32). The molecule has 1 N–H and O–H groups in total. The van der Waals surface area contributed by atoms with Crippen molar-refractivity contribution in [3.05, 3.63) is 101 Å². The average molecular weight is 443 g/mol. The fourth-order valence-electron chi connectivity index (χ4n) is 4.33. The van der Waals surface area contributed by atoms with E-state index in [1.807, 2.05) is 93.6 Å². The van der Waals surface area contributed by atoms with E-state index in [4.69, 9.17) is 4.74 Å². The lowest BCUT2D eigenvalue weighted by atomic mass is 9.82. The summed E-state index contributed by atoms with van der Waals surface area (Å²) in [6, 6.07) is 23.3. The molecule has 1 heterocycles. The molecule has 1 aliphatic heterocycles.